The topological polar surface area (TPSA) is 113 Å². The number of aliphatic hydroxyl groups excluding tert-OH is 1. The van der Waals surface area contributed by atoms with E-state index >= 15 is 0 Å². The van der Waals surface area contributed by atoms with Crippen molar-refractivity contribution in [3.05, 3.63) is 64.3 Å². The summed E-state index contributed by atoms with van der Waals surface area (Å²) in [4.78, 5) is 9.00. The van der Waals surface area contributed by atoms with Crippen molar-refractivity contribution in [3.63, 3.8) is 0 Å². The molecular weight excluding hydrogens is 517 g/mol. The van der Waals surface area contributed by atoms with Crippen molar-refractivity contribution in [2.45, 2.75) is 58.0 Å². The van der Waals surface area contributed by atoms with Gasteiger partial charge < -0.3 is 26.0 Å². The molecule has 7 nitrogen and oxygen atoms in total. The molecule has 4 rings (SSSR count). The average Bonchev–Trinajstić information content (AvgIpc) is 3.08. The Morgan fingerprint density at radius 1 is 1.13 bits per heavy atom. The standard InChI is InChI=1S/C29H39ClN5O2P/c1-19-7-14-26(27(15-19)38(2,3)37)34-28-25(30)18-32-29(35-28)33-23-13-12-21-10-8-20(9-11-22(21)16-23)5-4-6-24(36)17-31/h7,12-16,18,20,24,36H,4-6,8-11,17,31H2,1-3H3,(H2,32,33,34,35)/t20-,24-/m0/s1. The fraction of sp³-hybridized carbons (Fsp3) is 0.448. The first-order valence-electron chi connectivity index (χ1n) is 13.3. The van der Waals surface area contributed by atoms with Gasteiger partial charge in [0.2, 0.25) is 5.95 Å². The van der Waals surface area contributed by atoms with E-state index in [2.05, 4.69) is 38.8 Å². The molecule has 0 amide bonds. The van der Waals surface area contributed by atoms with Crippen LogP contribution in [0.2, 0.25) is 5.02 Å². The first-order chi connectivity index (χ1) is 18.1. The van der Waals surface area contributed by atoms with Crippen LogP contribution >= 0.6 is 18.7 Å². The van der Waals surface area contributed by atoms with Crippen LogP contribution in [0.1, 0.15) is 48.8 Å². The van der Waals surface area contributed by atoms with Crippen molar-refractivity contribution < 1.29 is 9.67 Å². The average molecular weight is 556 g/mol. The predicted octanol–water partition coefficient (Wildman–Crippen LogP) is 6.16. The molecule has 9 heteroatoms. The van der Waals surface area contributed by atoms with Gasteiger partial charge in [0.25, 0.3) is 0 Å². The van der Waals surface area contributed by atoms with Crippen molar-refractivity contribution in [2.24, 2.45) is 11.7 Å². The molecule has 204 valence electrons. The largest absolute Gasteiger partial charge is 0.392 e. The molecule has 38 heavy (non-hydrogen) atoms. The van der Waals surface area contributed by atoms with Gasteiger partial charge in [-0.15, -0.1) is 0 Å². The number of nitrogens with one attached hydrogen (secondary N) is 2. The number of aromatic nitrogens is 2. The summed E-state index contributed by atoms with van der Waals surface area (Å²) in [7, 11) is -2.51. The Balaban J connectivity index is 1.45. The first-order valence-corrected chi connectivity index (χ1v) is 16.3. The lowest BCUT2D eigenvalue weighted by Gasteiger charge is -2.17. The molecule has 0 aliphatic heterocycles. The van der Waals surface area contributed by atoms with E-state index in [9.17, 15) is 9.67 Å². The summed E-state index contributed by atoms with van der Waals surface area (Å²) < 4.78 is 12.9. The van der Waals surface area contributed by atoms with Gasteiger partial charge in [0.15, 0.2) is 5.82 Å². The van der Waals surface area contributed by atoms with E-state index < -0.39 is 7.14 Å². The Labute approximate surface area is 231 Å². The number of aryl methyl sites for hydroxylation is 3. The van der Waals surface area contributed by atoms with Gasteiger partial charge in [0, 0.05) is 17.5 Å². The predicted molar refractivity (Wildman–Crippen MR) is 159 cm³/mol. The lowest BCUT2D eigenvalue weighted by Crippen LogP contribution is -2.19. The molecule has 0 bridgehead atoms. The fourth-order valence-electron chi connectivity index (χ4n) is 5.06. The van der Waals surface area contributed by atoms with E-state index in [1.165, 1.54) is 17.5 Å². The molecule has 1 aliphatic carbocycles. The zero-order chi connectivity index (χ0) is 27.3. The second-order valence-corrected chi connectivity index (χ2v) is 14.3. The lowest BCUT2D eigenvalue weighted by atomic mass is 9.93. The van der Waals surface area contributed by atoms with Crippen molar-refractivity contribution in [1.82, 2.24) is 9.97 Å². The minimum absolute atomic E-state index is 0.341. The van der Waals surface area contributed by atoms with Gasteiger partial charge in [-0.2, -0.15) is 4.98 Å². The van der Waals surface area contributed by atoms with Crippen molar-refractivity contribution in [1.29, 1.82) is 0 Å². The Bertz CT molecular complexity index is 1310. The van der Waals surface area contributed by atoms with Crippen LogP contribution in [0.25, 0.3) is 0 Å². The molecular formula is C29H39ClN5O2P. The van der Waals surface area contributed by atoms with Crippen LogP contribution in [0.3, 0.4) is 0 Å². The molecule has 0 unspecified atom stereocenters. The number of anilines is 4. The quantitative estimate of drug-likeness (QED) is 0.175. The lowest BCUT2D eigenvalue weighted by molar-refractivity contribution is 0.166. The summed E-state index contributed by atoms with van der Waals surface area (Å²) in [6.07, 6.45) is 8.57. The van der Waals surface area contributed by atoms with Crippen LogP contribution in [-0.4, -0.2) is 41.1 Å². The van der Waals surface area contributed by atoms with Crippen molar-refractivity contribution >= 4 is 47.2 Å². The Morgan fingerprint density at radius 3 is 2.63 bits per heavy atom. The third-order valence-corrected chi connectivity index (χ3v) is 9.07. The van der Waals surface area contributed by atoms with Gasteiger partial charge in [-0.1, -0.05) is 42.1 Å². The summed E-state index contributed by atoms with van der Waals surface area (Å²) >= 11 is 6.43. The smallest absolute Gasteiger partial charge is 0.229 e. The molecule has 0 saturated heterocycles. The number of nitrogens with zero attached hydrogens (tertiary/aromatic N) is 2. The molecule has 1 heterocycles. The number of fused-ring (bicyclic) bond motifs is 1. The van der Waals surface area contributed by atoms with Gasteiger partial charge in [-0.05, 0) is 93.7 Å². The molecule has 0 saturated carbocycles. The number of nitrogens with two attached hydrogens (primary N) is 1. The Kier molecular flexibility index (Phi) is 9.48. The van der Waals surface area contributed by atoms with Crippen LogP contribution in [-0.2, 0) is 17.4 Å². The summed E-state index contributed by atoms with van der Waals surface area (Å²) in [5.74, 6) is 1.57. The number of hydrogen-bond acceptors (Lipinski definition) is 7. The number of halogens is 1. The highest BCUT2D eigenvalue weighted by Gasteiger charge is 2.19. The normalized spacial score (nSPS) is 16.4. The summed E-state index contributed by atoms with van der Waals surface area (Å²) in [5.41, 5.74) is 11.0. The molecule has 0 radical (unpaired) electrons. The van der Waals surface area contributed by atoms with Gasteiger partial charge >= 0.3 is 0 Å². The molecule has 2 atom stereocenters. The first kappa shape index (κ1) is 28.6. The minimum atomic E-state index is -2.51. The highest BCUT2D eigenvalue weighted by Crippen LogP contribution is 2.39. The summed E-state index contributed by atoms with van der Waals surface area (Å²) in [6, 6.07) is 12.3. The van der Waals surface area contributed by atoms with Crippen LogP contribution in [0.15, 0.2) is 42.6 Å². The number of rotatable bonds is 10. The highest BCUT2D eigenvalue weighted by atomic mass is 35.5. The van der Waals surface area contributed by atoms with Gasteiger partial charge in [0.05, 0.1) is 18.0 Å². The molecule has 2 aromatic carbocycles. The van der Waals surface area contributed by atoms with Gasteiger partial charge in [-0.3, -0.25) is 0 Å². The molecule has 0 fully saturated rings. The van der Waals surface area contributed by atoms with E-state index in [0.717, 1.165) is 60.8 Å². The number of hydrogen-bond donors (Lipinski definition) is 4. The van der Waals surface area contributed by atoms with Crippen LogP contribution in [0.4, 0.5) is 23.1 Å². The maximum atomic E-state index is 12.9. The van der Waals surface area contributed by atoms with E-state index in [0.29, 0.717) is 29.3 Å². The zero-order valence-electron chi connectivity index (χ0n) is 22.5. The highest BCUT2D eigenvalue weighted by molar-refractivity contribution is 7.70. The maximum absolute atomic E-state index is 12.9. The molecule has 5 N–H and O–H groups in total. The molecule has 1 aromatic heterocycles. The Hall–Kier alpha value is -2.44. The van der Waals surface area contributed by atoms with E-state index in [1.807, 2.05) is 25.1 Å². The van der Waals surface area contributed by atoms with Crippen LogP contribution in [0.5, 0.6) is 0 Å². The Morgan fingerprint density at radius 2 is 1.89 bits per heavy atom. The summed E-state index contributed by atoms with van der Waals surface area (Å²) in [6.45, 7) is 5.84. The third kappa shape index (κ3) is 7.57. The fourth-order valence-corrected chi connectivity index (χ4v) is 6.42. The molecule has 0 spiro atoms. The van der Waals surface area contributed by atoms with E-state index in [-0.39, 0.29) is 6.10 Å². The molecule has 3 aromatic rings. The van der Waals surface area contributed by atoms with E-state index in [1.54, 1.807) is 19.5 Å². The number of benzene rings is 2. The van der Waals surface area contributed by atoms with Crippen molar-refractivity contribution in [3.8, 4) is 0 Å². The van der Waals surface area contributed by atoms with Crippen LogP contribution < -0.4 is 21.7 Å². The maximum Gasteiger partial charge on any atom is 0.229 e. The number of aliphatic hydroxyl groups is 1. The summed E-state index contributed by atoms with van der Waals surface area (Å²) in [5, 5.41) is 17.5. The molecule has 1 aliphatic rings. The third-order valence-electron chi connectivity index (χ3n) is 7.26. The zero-order valence-corrected chi connectivity index (χ0v) is 24.2. The SMILES string of the molecule is Cc1ccc(Nc2nc(Nc3ccc4c(c3)CC[C@@H](CCC[C@H](O)CN)CC4)ncc2Cl)c(P(C)(C)=O)c1. The minimum Gasteiger partial charge on any atom is -0.392 e. The second-order valence-electron chi connectivity index (χ2n) is 10.8. The monoisotopic (exact) mass is 555 g/mol. The van der Waals surface area contributed by atoms with Crippen LogP contribution in [0, 0.1) is 12.8 Å². The van der Waals surface area contributed by atoms with Gasteiger partial charge in [-0.25, -0.2) is 4.98 Å². The second kappa shape index (κ2) is 12.6. The van der Waals surface area contributed by atoms with Crippen molar-refractivity contribution in [2.75, 3.05) is 30.5 Å². The van der Waals surface area contributed by atoms with Gasteiger partial charge in [0.1, 0.15) is 12.2 Å². The van der Waals surface area contributed by atoms with E-state index in [4.69, 9.17) is 17.3 Å².